The minimum absolute atomic E-state index is 0.737. The van der Waals surface area contributed by atoms with Crippen LogP contribution in [0.3, 0.4) is 0 Å². The molecule has 0 saturated heterocycles. The number of methoxy groups -OCH3 is 2. The van der Waals surface area contributed by atoms with Crippen molar-refractivity contribution in [3.8, 4) is 11.5 Å². The Morgan fingerprint density at radius 1 is 1.00 bits per heavy atom. The molecule has 0 aromatic heterocycles. The van der Waals surface area contributed by atoms with Gasteiger partial charge in [-0.1, -0.05) is 17.7 Å². The first kappa shape index (κ1) is 14.9. The van der Waals surface area contributed by atoms with E-state index in [4.69, 9.17) is 9.47 Å². The number of ether oxygens (including phenoxy) is 2. The summed E-state index contributed by atoms with van der Waals surface area (Å²) in [5.74, 6) is 1.50. The molecule has 0 spiro atoms. The van der Waals surface area contributed by atoms with Gasteiger partial charge in [-0.3, -0.25) is 5.43 Å². The van der Waals surface area contributed by atoms with Gasteiger partial charge in [0.2, 0.25) is 0 Å². The molecule has 0 atom stereocenters. The Kier molecular flexibility index (Phi) is 4.82. The highest BCUT2D eigenvalue weighted by Gasteiger charge is 2.07. The molecule has 1 N–H and O–H groups in total. The van der Waals surface area contributed by atoms with Crippen molar-refractivity contribution in [2.24, 2.45) is 5.10 Å². The fourth-order valence-corrected chi connectivity index (χ4v) is 1.93. The fraction of sp³-hybridized carbons (Fsp3) is 0.235. The molecule has 21 heavy (non-hydrogen) atoms. The standard InChI is InChI=1S/C17H20N2O2/c1-12-5-7-14(8-6-12)19-18-13(2)16-10-9-15(20-3)11-17(16)21-4/h5-11,19H,1-4H3/b18-13-. The average Bonchev–Trinajstić information content (AvgIpc) is 2.53. The SMILES string of the molecule is COc1ccc(/C(C)=N\Nc2ccc(C)cc2)c(OC)c1. The summed E-state index contributed by atoms with van der Waals surface area (Å²) in [6.45, 7) is 3.99. The van der Waals surface area contributed by atoms with Crippen molar-refractivity contribution >= 4 is 11.4 Å². The zero-order chi connectivity index (χ0) is 15.2. The van der Waals surface area contributed by atoms with Gasteiger partial charge in [0.05, 0.1) is 25.6 Å². The van der Waals surface area contributed by atoms with Gasteiger partial charge in [-0.05, 0) is 38.1 Å². The van der Waals surface area contributed by atoms with Gasteiger partial charge in [0.1, 0.15) is 11.5 Å². The molecule has 0 amide bonds. The van der Waals surface area contributed by atoms with E-state index < -0.39 is 0 Å². The molecule has 4 heteroatoms. The third kappa shape index (κ3) is 3.75. The highest BCUT2D eigenvalue weighted by atomic mass is 16.5. The summed E-state index contributed by atoms with van der Waals surface area (Å²) in [5, 5.41) is 4.40. The summed E-state index contributed by atoms with van der Waals surface area (Å²) < 4.78 is 10.6. The monoisotopic (exact) mass is 284 g/mol. The van der Waals surface area contributed by atoms with Crippen LogP contribution in [0.15, 0.2) is 47.6 Å². The summed E-state index contributed by atoms with van der Waals surface area (Å²) in [4.78, 5) is 0. The normalized spacial score (nSPS) is 11.1. The molecule has 0 aliphatic rings. The van der Waals surface area contributed by atoms with Crippen molar-refractivity contribution in [2.45, 2.75) is 13.8 Å². The van der Waals surface area contributed by atoms with Gasteiger partial charge >= 0.3 is 0 Å². The van der Waals surface area contributed by atoms with Crippen molar-refractivity contribution in [3.63, 3.8) is 0 Å². The Balaban J connectivity index is 2.20. The molecule has 2 aromatic rings. The number of rotatable bonds is 5. The summed E-state index contributed by atoms with van der Waals surface area (Å²) >= 11 is 0. The summed E-state index contributed by atoms with van der Waals surface area (Å²) in [6.07, 6.45) is 0. The first-order chi connectivity index (χ1) is 10.1. The van der Waals surface area contributed by atoms with Crippen molar-refractivity contribution < 1.29 is 9.47 Å². The van der Waals surface area contributed by atoms with E-state index in [1.807, 2.05) is 49.4 Å². The lowest BCUT2D eigenvalue weighted by Gasteiger charge is -2.10. The van der Waals surface area contributed by atoms with Crippen molar-refractivity contribution in [2.75, 3.05) is 19.6 Å². The molecule has 0 aliphatic carbocycles. The molecule has 0 saturated carbocycles. The second-order valence-electron chi connectivity index (χ2n) is 4.74. The molecule has 0 unspecified atom stereocenters. The van der Waals surface area contributed by atoms with E-state index in [0.29, 0.717) is 0 Å². The number of anilines is 1. The van der Waals surface area contributed by atoms with Gasteiger partial charge < -0.3 is 9.47 Å². The van der Waals surface area contributed by atoms with Crippen LogP contribution in [0.1, 0.15) is 18.1 Å². The van der Waals surface area contributed by atoms with Gasteiger partial charge in [0.15, 0.2) is 0 Å². The maximum Gasteiger partial charge on any atom is 0.131 e. The van der Waals surface area contributed by atoms with Crippen LogP contribution >= 0.6 is 0 Å². The molecular weight excluding hydrogens is 264 g/mol. The van der Waals surface area contributed by atoms with Crippen molar-refractivity contribution in [1.82, 2.24) is 0 Å². The van der Waals surface area contributed by atoms with Crippen LogP contribution in [-0.4, -0.2) is 19.9 Å². The van der Waals surface area contributed by atoms with Gasteiger partial charge in [0, 0.05) is 11.6 Å². The number of nitrogens with one attached hydrogen (secondary N) is 1. The molecule has 2 rings (SSSR count). The van der Waals surface area contributed by atoms with Crippen LogP contribution < -0.4 is 14.9 Å². The third-order valence-corrected chi connectivity index (χ3v) is 3.20. The van der Waals surface area contributed by atoms with E-state index in [0.717, 1.165) is 28.5 Å². The minimum Gasteiger partial charge on any atom is -0.497 e. The highest BCUT2D eigenvalue weighted by Crippen LogP contribution is 2.25. The second-order valence-corrected chi connectivity index (χ2v) is 4.74. The van der Waals surface area contributed by atoms with Crippen LogP contribution in [0.5, 0.6) is 11.5 Å². The van der Waals surface area contributed by atoms with Crippen LogP contribution in [0.4, 0.5) is 5.69 Å². The van der Waals surface area contributed by atoms with Gasteiger partial charge in [-0.15, -0.1) is 0 Å². The largest absolute Gasteiger partial charge is 0.497 e. The number of hydrogen-bond acceptors (Lipinski definition) is 4. The number of hydrogen-bond donors (Lipinski definition) is 1. The summed E-state index contributed by atoms with van der Waals surface area (Å²) in [6, 6.07) is 13.8. The predicted octanol–water partition coefficient (Wildman–Crippen LogP) is 3.85. The number of benzene rings is 2. The molecule has 2 aromatic carbocycles. The van der Waals surface area contributed by atoms with Gasteiger partial charge in [-0.25, -0.2) is 0 Å². The van der Waals surface area contributed by atoms with Crippen LogP contribution in [-0.2, 0) is 0 Å². The number of aryl methyl sites for hydroxylation is 1. The zero-order valence-electron chi connectivity index (χ0n) is 12.8. The fourth-order valence-electron chi connectivity index (χ4n) is 1.93. The highest BCUT2D eigenvalue weighted by molar-refractivity contribution is 6.01. The first-order valence-electron chi connectivity index (χ1n) is 6.73. The van der Waals surface area contributed by atoms with E-state index in [-0.39, 0.29) is 0 Å². The lowest BCUT2D eigenvalue weighted by atomic mass is 10.1. The molecule has 110 valence electrons. The number of hydrazone groups is 1. The Labute approximate surface area is 125 Å². The molecule has 0 fully saturated rings. The maximum absolute atomic E-state index is 5.39. The molecule has 0 bridgehead atoms. The second kappa shape index (κ2) is 6.79. The van der Waals surface area contributed by atoms with Crippen LogP contribution in [0.2, 0.25) is 0 Å². The molecule has 0 radical (unpaired) electrons. The van der Waals surface area contributed by atoms with Crippen LogP contribution in [0, 0.1) is 6.92 Å². The summed E-state index contributed by atoms with van der Waals surface area (Å²) in [5.41, 5.74) is 6.99. The van der Waals surface area contributed by atoms with E-state index >= 15 is 0 Å². The van der Waals surface area contributed by atoms with Crippen molar-refractivity contribution in [3.05, 3.63) is 53.6 Å². The number of nitrogens with zero attached hydrogens (tertiary/aromatic N) is 1. The van der Waals surface area contributed by atoms with E-state index in [9.17, 15) is 0 Å². The van der Waals surface area contributed by atoms with E-state index in [1.165, 1.54) is 5.56 Å². The predicted molar refractivity (Wildman–Crippen MR) is 86.6 cm³/mol. The smallest absolute Gasteiger partial charge is 0.131 e. The van der Waals surface area contributed by atoms with E-state index in [1.54, 1.807) is 14.2 Å². The minimum atomic E-state index is 0.737. The third-order valence-electron chi connectivity index (χ3n) is 3.20. The molecule has 4 nitrogen and oxygen atoms in total. The molecule has 0 heterocycles. The Bertz CT molecular complexity index is 634. The molecule has 0 aliphatic heterocycles. The zero-order valence-corrected chi connectivity index (χ0v) is 12.8. The van der Waals surface area contributed by atoms with Gasteiger partial charge in [-0.2, -0.15) is 5.10 Å². The summed E-state index contributed by atoms with van der Waals surface area (Å²) in [7, 11) is 3.27. The first-order valence-corrected chi connectivity index (χ1v) is 6.73. The Hall–Kier alpha value is -2.49. The van der Waals surface area contributed by atoms with Crippen molar-refractivity contribution in [1.29, 1.82) is 0 Å². The quantitative estimate of drug-likeness (QED) is 0.670. The Morgan fingerprint density at radius 3 is 2.33 bits per heavy atom. The van der Waals surface area contributed by atoms with E-state index in [2.05, 4.69) is 17.5 Å². The Morgan fingerprint density at radius 2 is 1.71 bits per heavy atom. The molecular formula is C17H20N2O2. The maximum atomic E-state index is 5.39. The topological polar surface area (TPSA) is 42.8 Å². The van der Waals surface area contributed by atoms with Gasteiger partial charge in [0.25, 0.3) is 0 Å². The lowest BCUT2D eigenvalue weighted by molar-refractivity contribution is 0.394. The van der Waals surface area contributed by atoms with Crippen LogP contribution in [0.25, 0.3) is 0 Å². The average molecular weight is 284 g/mol. The lowest BCUT2D eigenvalue weighted by Crippen LogP contribution is -2.03.